The van der Waals surface area contributed by atoms with Gasteiger partial charge in [0.15, 0.2) is 11.6 Å². The molecule has 0 radical (unpaired) electrons. The molecule has 1 heterocycles. The van der Waals surface area contributed by atoms with Gasteiger partial charge in [-0.25, -0.2) is 4.39 Å². The highest BCUT2D eigenvalue weighted by molar-refractivity contribution is 5.69. The molecule has 2 aromatic rings. The van der Waals surface area contributed by atoms with Gasteiger partial charge in [-0.2, -0.15) is 0 Å². The second-order valence-corrected chi connectivity index (χ2v) is 5.00. The number of ether oxygens (including phenoxy) is 1. The van der Waals surface area contributed by atoms with Crippen LogP contribution in [-0.4, -0.2) is 13.2 Å². The number of hydrogen-bond acceptors (Lipinski definition) is 4. The van der Waals surface area contributed by atoms with Crippen molar-refractivity contribution in [2.45, 2.75) is 26.5 Å². The number of nitrogens with two attached hydrogens (primary N) is 1. The smallest absolute Gasteiger partial charge is 0.167 e. The van der Waals surface area contributed by atoms with Gasteiger partial charge in [0.1, 0.15) is 0 Å². The molecule has 20 heavy (non-hydrogen) atoms. The molecule has 0 unspecified atom stereocenters. The van der Waals surface area contributed by atoms with E-state index in [2.05, 4.69) is 0 Å². The van der Waals surface area contributed by atoms with Gasteiger partial charge in [0, 0.05) is 31.3 Å². The zero-order valence-corrected chi connectivity index (χ0v) is 11.9. The Balaban J connectivity index is 2.25. The third-order valence-corrected chi connectivity index (χ3v) is 2.85. The largest absolute Gasteiger partial charge is 0.488 e. The molecule has 2 rings (SSSR count). The van der Waals surface area contributed by atoms with Crippen molar-refractivity contribution in [2.24, 2.45) is 0 Å². The number of halogens is 1. The van der Waals surface area contributed by atoms with E-state index in [0.29, 0.717) is 12.2 Å². The molecule has 0 amide bonds. The molecule has 1 aromatic carbocycles. The Labute approximate surface area is 117 Å². The summed E-state index contributed by atoms with van der Waals surface area (Å²) in [7, 11) is 1.88. The molecule has 1 aromatic heterocycles. The molecule has 2 N–H and O–H groups in total. The third-order valence-electron chi connectivity index (χ3n) is 2.85. The van der Waals surface area contributed by atoms with Gasteiger partial charge in [0.05, 0.1) is 30.0 Å². The number of nitrogen functional groups attached to an aromatic ring is 1. The molecule has 0 fully saturated rings. The van der Waals surface area contributed by atoms with Crippen molar-refractivity contribution in [2.75, 3.05) is 17.7 Å². The molecule has 0 bridgehead atoms. The number of benzene rings is 1. The highest BCUT2D eigenvalue weighted by Gasteiger charge is 2.14. The summed E-state index contributed by atoms with van der Waals surface area (Å²) < 4.78 is 24.3. The minimum absolute atomic E-state index is 0.0971. The summed E-state index contributed by atoms with van der Waals surface area (Å²) in [5.74, 6) is -0.236. The van der Waals surface area contributed by atoms with E-state index >= 15 is 0 Å². The van der Waals surface area contributed by atoms with Crippen LogP contribution < -0.4 is 15.4 Å². The zero-order chi connectivity index (χ0) is 14.7. The first kappa shape index (κ1) is 14.2. The Hall–Kier alpha value is -2.17. The van der Waals surface area contributed by atoms with Crippen LogP contribution >= 0.6 is 0 Å². The fraction of sp³-hybridized carbons (Fsp3) is 0.333. The quantitative estimate of drug-likeness (QED) is 0.851. The van der Waals surface area contributed by atoms with Crippen molar-refractivity contribution >= 4 is 11.4 Å². The molecule has 0 aliphatic carbocycles. The third kappa shape index (κ3) is 3.23. The van der Waals surface area contributed by atoms with Crippen LogP contribution in [0.25, 0.3) is 0 Å². The van der Waals surface area contributed by atoms with Gasteiger partial charge < -0.3 is 19.8 Å². The molecular formula is C15H19FN2O2. The molecule has 108 valence electrons. The first-order valence-electron chi connectivity index (χ1n) is 6.45. The highest BCUT2D eigenvalue weighted by Crippen LogP contribution is 2.31. The van der Waals surface area contributed by atoms with E-state index in [1.807, 2.05) is 31.9 Å². The summed E-state index contributed by atoms with van der Waals surface area (Å²) >= 11 is 0. The summed E-state index contributed by atoms with van der Waals surface area (Å²) in [6.07, 6.45) is 3.19. The number of furan rings is 1. The minimum Gasteiger partial charge on any atom is -0.488 e. The van der Waals surface area contributed by atoms with E-state index in [0.717, 1.165) is 11.3 Å². The number of rotatable bonds is 5. The predicted molar refractivity (Wildman–Crippen MR) is 77.4 cm³/mol. The fourth-order valence-corrected chi connectivity index (χ4v) is 1.97. The molecule has 4 nitrogen and oxygen atoms in total. The predicted octanol–water partition coefficient (Wildman–Crippen LogP) is 3.42. The summed E-state index contributed by atoms with van der Waals surface area (Å²) in [6, 6.07) is 4.80. The lowest BCUT2D eigenvalue weighted by Gasteiger charge is -2.22. The zero-order valence-electron chi connectivity index (χ0n) is 11.9. The van der Waals surface area contributed by atoms with Gasteiger partial charge in [0.25, 0.3) is 0 Å². The minimum atomic E-state index is -0.448. The SMILES string of the molecule is CC(C)Oc1cc(N(C)Cc2ccoc2)c(N)cc1F. The van der Waals surface area contributed by atoms with Crippen molar-refractivity contribution in [1.29, 1.82) is 0 Å². The van der Waals surface area contributed by atoms with Crippen LogP contribution in [0.3, 0.4) is 0 Å². The van der Waals surface area contributed by atoms with Crippen molar-refractivity contribution in [3.05, 3.63) is 42.1 Å². The standard InChI is InChI=1S/C15H19FN2O2/c1-10(2)20-15-7-14(13(17)6-12(15)16)18(3)8-11-4-5-19-9-11/h4-7,9-10H,8,17H2,1-3H3. The van der Waals surface area contributed by atoms with Crippen molar-refractivity contribution in [1.82, 2.24) is 0 Å². The number of hydrogen-bond donors (Lipinski definition) is 1. The van der Waals surface area contributed by atoms with Crippen LogP contribution in [-0.2, 0) is 6.54 Å². The Bertz CT molecular complexity index is 568. The van der Waals surface area contributed by atoms with Crippen molar-refractivity contribution in [3.8, 4) is 5.75 Å². The highest BCUT2D eigenvalue weighted by atomic mass is 19.1. The maximum Gasteiger partial charge on any atom is 0.167 e. The molecule has 0 aliphatic heterocycles. The average molecular weight is 278 g/mol. The first-order valence-corrected chi connectivity index (χ1v) is 6.45. The van der Waals surface area contributed by atoms with Crippen LogP contribution in [0.5, 0.6) is 5.75 Å². The normalized spacial score (nSPS) is 10.8. The lowest BCUT2D eigenvalue weighted by atomic mass is 10.2. The summed E-state index contributed by atoms with van der Waals surface area (Å²) in [5, 5.41) is 0. The van der Waals surface area contributed by atoms with E-state index in [4.69, 9.17) is 14.9 Å². The van der Waals surface area contributed by atoms with Gasteiger partial charge in [0.2, 0.25) is 0 Å². The van der Waals surface area contributed by atoms with Gasteiger partial charge >= 0.3 is 0 Å². The van der Waals surface area contributed by atoms with Crippen molar-refractivity contribution < 1.29 is 13.5 Å². The maximum atomic E-state index is 13.8. The van der Waals surface area contributed by atoms with E-state index in [1.165, 1.54) is 6.07 Å². The van der Waals surface area contributed by atoms with Gasteiger partial charge in [-0.15, -0.1) is 0 Å². The van der Waals surface area contributed by atoms with Gasteiger partial charge in [-0.1, -0.05) is 0 Å². The van der Waals surface area contributed by atoms with E-state index < -0.39 is 5.82 Å². The van der Waals surface area contributed by atoms with Gasteiger partial charge in [-0.3, -0.25) is 0 Å². The molecule has 5 heteroatoms. The van der Waals surface area contributed by atoms with Crippen LogP contribution in [0.1, 0.15) is 19.4 Å². The maximum absolute atomic E-state index is 13.8. The van der Waals surface area contributed by atoms with Gasteiger partial charge in [-0.05, 0) is 19.9 Å². The monoisotopic (exact) mass is 278 g/mol. The summed E-state index contributed by atoms with van der Waals surface area (Å²) in [6.45, 7) is 4.32. The number of nitrogens with zero attached hydrogens (tertiary/aromatic N) is 1. The van der Waals surface area contributed by atoms with Crippen LogP contribution in [0.15, 0.2) is 35.1 Å². The second-order valence-electron chi connectivity index (χ2n) is 5.00. The van der Waals surface area contributed by atoms with Crippen LogP contribution in [0.2, 0.25) is 0 Å². The topological polar surface area (TPSA) is 51.6 Å². The molecule has 0 spiro atoms. The Morgan fingerprint density at radius 3 is 2.75 bits per heavy atom. The van der Waals surface area contributed by atoms with E-state index in [9.17, 15) is 4.39 Å². The van der Waals surface area contributed by atoms with Crippen LogP contribution in [0.4, 0.5) is 15.8 Å². The summed E-state index contributed by atoms with van der Waals surface area (Å²) in [4.78, 5) is 1.92. The molecule has 0 saturated carbocycles. The fourth-order valence-electron chi connectivity index (χ4n) is 1.97. The lowest BCUT2D eigenvalue weighted by Crippen LogP contribution is -2.18. The molecular weight excluding hydrogens is 259 g/mol. The Morgan fingerprint density at radius 1 is 1.40 bits per heavy atom. The summed E-state index contributed by atoms with van der Waals surface area (Å²) in [5.41, 5.74) is 8.01. The van der Waals surface area contributed by atoms with Crippen molar-refractivity contribution in [3.63, 3.8) is 0 Å². The molecule has 0 saturated heterocycles. The number of anilines is 2. The first-order chi connectivity index (χ1) is 9.47. The Kier molecular flexibility index (Phi) is 4.17. The van der Waals surface area contributed by atoms with E-state index in [1.54, 1.807) is 18.6 Å². The molecule has 0 aliphatic rings. The van der Waals surface area contributed by atoms with Crippen LogP contribution in [0, 0.1) is 5.82 Å². The lowest BCUT2D eigenvalue weighted by molar-refractivity contribution is 0.231. The second kappa shape index (κ2) is 5.86. The average Bonchev–Trinajstić information content (AvgIpc) is 2.84. The Morgan fingerprint density at radius 2 is 2.15 bits per heavy atom. The van der Waals surface area contributed by atoms with E-state index in [-0.39, 0.29) is 11.9 Å². The molecule has 0 atom stereocenters.